The van der Waals surface area contributed by atoms with Crippen LogP contribution in [-0.2, 0) is 0 Å². The maximum Gasteiger partial charge on any atom is 0.347 e. The number of hydrogen-bond acceptors (Lipinski definition) is 5. The monoisotopic (exact) mass is 340 g/mol. The Balaban J connectivity index is 1.87. The number of nitriles is 1. The van der Waals surface area contributed by atoms with E-state index in [2.05, 4.69) is 17.1 Å². The van der Waals surface area contributed by atoms with E-state index in [1.54, 1.807) is 6.92 Å². The minimum Gasteiger partial charge on any atom is -0.477 e. The van der Waals surface area contributed by atoms with Gasteiger partial charge >= 0.3 is 5.97 Å². The van der Waals surface area contributed by atoms with Gasteiger partial charge in [-0.05, 0) is 54.8 Å². The van der Waals surface area contributed by atoms with Crippen molar-refractivity contribution in [3.63, 3.8) is 0 Å². The number of thiophene rings is 1. The van der Waals surface area contributed by atoms with Gasteiger partial charge in [-0.25, -0.2) is 9.78 Å². The first-order valence-electron chi connectivity index (χ1n) is 7.25. The number of hydrogen-bond donors (Lipinski definition) is 1. The first kappa shape index (κ1) is 14.4. The van der Waals surface area contributed by atoms with Gasteiger partial charge in [0.1, 0.15) is 16.0 Å². The molecule has 1 saturated carbocycles. The minimum absolute atomic E-state index is 0.275. The summed E-state index contributed by atoms with van der Waals surface area (Å²) in [4.78, 5) is 16.8. The molecule has 114 valence electrons. The first-order chi connectivity index (χ1) is 11.1. The molecule has 0 radical (unpaired) electrons. The van der Waals surface area contributed by atoms with Crippen molar-refractivity contribution >= 4 is 38.7 Å². The highest BCUT2D eigenvalue weighted by Gasteiger charge is 2.25. The van der Waals surface area contributed by atoms with Gasteiger partial charge in [0.05, 0.1) is 20.8 Å². The predicted molar refractivity (Wildman–Crippen MR) is 91.3 cm³/mol. The van der Waals surface area contributed by atoms with Crippen LogP contribution in [0.3, 0.4) is 0 Å². The van der Waals surface area contributed by atoms with Crippen LogP contribution in [0.25, 0.3) is 20.0 Å². The summed E-state index contributed by atoms with van der Waals surface area (Å²) in [6, 6.07) is 8.47. The van der Waals surface area contributed by atoms with Crippen LogP contribution in [0, 0.1) is 18.3 Å². The molecule has 0 amide bonds. The normalized spacial score (nSPS) is 14.1. The zero-order valence-electron chi connectivity index (χ0n) is 12.3. The third-order valence-electron chi connectivity index (χ3n) is 4.01. The largest absolute Gasteiger partial charge is 0.477 e. The molecule has 4 nitrogen and oxygen atoms in total. The Morgan fingerprint density at radius 1 is 1.35 bits per heavy atom. The molecule has 3 aromatic rings. The number of carboxylic acids is 1. The van der Waals surface area contributed by atoms with E-state index in [4.69, 9.17) is 0 Å². The molecule has 6 heteroatoms. The number of benzene rings is 1. The summed E-state index contributed by atoms with van der Waals surface area (Å²) in [5, 5.41) is 20.4. The van der Waals surface area contributed by atoms with Gasteiger partial charge in [0.25, 0.3) is 0 Å². The van der Waals surface area contributed by atoms with Crippen molar-refractivity contribution in [3.8, 4) is 16.0 Å². The third-order valence-corrected chi connectivity index (χ3v) is 6.51. The second-order valence-electron chi connectivity index (χ2n) is 5.72. The van der Waals surface area contributed by atoms with Gasteiger partial charge in [-0.15, -0.1) is 22.7 Å². The van der Waals surface area contributed by atoms with E-state index in [1.165, 1.54) is 41.1 Å². The average molecular weight is 340 g/mol. The summed E-state index contributed by atoms with van der Waals surface area (Å²) in [5.41, 5.74) is 2.47. The van der Waals surface area contributed by atoms with Gasteiger partial charge < -0.3 is 5.11 Å². The second-order valence-corrected chi connectivity index (χ2v) is 7.77. The fourth-order valence-electron chi connectivity index (χ4n) is 2.72. The topological polar surface area (TPSA) is 74.0 Å². The molecular formula is C17H12N2O2S2. The molecule has 0 aliphatic heterocycles. The molecule has 1 N–H and O–H groups in total. The van der Waals surface area contributed by atoms with Crippen LogP contribution in [-0.4, -0.2) is 16.1 Å². The van der Waals surface area contributed by atoms with Crippen molar-refractivity contribution in [2.45, 2.75) is 25.7 Å². The smallest absolute Gasteiger partial charge is 0.347 e. The van der Waals surface area contributed by atoms with Gasteiger partial charge in [-0.1, -0.05) is 0 Å². The molecule has 23 heavy (non-hydrogen) atoms. The third kappa shape index (κ3) is 2.42. The zero-order chi connectivity index (χ0) is 16.1. The van der Waals surface area contributed by atoms with Crippen molar-refractivity contribution in [2.24, 2.45) is 0 Å². The van der Waals surface area contributed by atoms with E-state index >= 15 is 0 Å². The maximum absolute atomic E-state index is 11.2. The van der Waals surface area contributed by atoms with Gasteiger partial charge in [0.15, 0.2) is 0 Å². The van der Waals surface area contributed by atoms with Crippen molar-refractivity contribution in [1.29, 1.82) is 5.26 Å². The van der Waals surface area contributed by atoms with E-state index < -0.39 is 5.97 Å². The summed E-state index contributed by atoms with van der Waals surface area (Å²) >= 11 is 2.70. The van der Waals surface area contributed by atoms with E-state index in [-0.39, 0.29) is 4.88 Å². The van der Waals surface area contributed by atoms with Crippen molar-refractivity contribution in [3.05, 3.63) is 39.9 Å². The average Bonchev–Trinajstić information content (AvgIpc) is 3.16. The SMILES string of the molecule is Cc1nc(-c2cc3cc(C4CC4)cc(C#N)c3s2)sc1C(=O)O. The Hall–Kier alpha value is -2.23. The Kier molecular flexibility index (Phi) is 3.22. The van der Waals surface area contributed by atoms with Crippen LogP contribution in [0.2, 0.25) is 0 Å². The maximum atomic E-state index is 11.2. The molecule has 1 fully saturated rings. The fraction of sp³-hybridized carbons (Fsp3) is 0.235. The Labute approximate surface area is 140 Å². The highest BCUT2D eigenvalue weighted by atomic mass is 32.1. The number of carboxylic acid groups (broad SMARTS) is 1. The number of aromatic nitrogens is 1. The van der Waals surface area contributed by atoms with Gasteiger partial charge in [-0.2, -0.15) is 5.26 Å². The minimum atomic E-state index is -0.943. The Bertz CT molecular complexity index is 990. The molecule has 0 atom stereocenters. The van der Waals surface area contributed by atoms with Crippen LogP contribution < -0.4 is 0 Å². The van der Waals surface area contributed by atoms with Crippen LogP contribution >= 0.6 is 22.7 Å². The predicted octanol–water partition coefficient (Wildman–Crippen LogP) is 4.78. The van der Waals surface area contributed by atoms with E-state index in [9.17, 15) is 15.2 Å². The van der Waals surface area contributed by atoms with Crippen molar-refractivity contribution in [1.82, 2.24) is 4.98 Å². The van der Waals surface area contributed by atoms with E-state index in [1.807, 2.05) is 12.1 Å². The summed E-state index contributed by atoms with van der Waals surface area (Å²) < 4.78 is 0.955. The number of rotatable bonds is 3. The molecule has 0 saturated heterocycles. The number of thiazole rings is 1. The Morgan fingerprint density at radius 2 is 2.13 bits per heavy atom. The van der Waals surface area contributed by atoms with Gasteiger partial charge in [0.2, 0.25) is 0 Å². The van der Waals surface area contributed by atoms with E-state index in [0.717, 1.165) is 15.0 Å². The van der Waals surface area contributed by atoms with Gasteiger partial charge in [-0.3, -0.25) is 0 Å². The molecule has 1 aliphatic carbocycles. The summed E-state index contributed by atoms with van der Waals surface area (Å²) in [6.07, 6.45) is 2.39. The number of aromatic carboxylic acids is 1. The number of fused-ring (bicyclic) bond motifs is 1. The number of aryl methyl sites for hydroxylation is 1. The lowest BCUT2D eigenvalue weighted by atomic mass is 10.0. The fourth-order valence-corrected chi connectivity index (χ4v) is 4.77. The number of nitrogens with zero attached hydrogens (tertiary/aromatic N) is 2. The highest BCUT2D eigenvalue weighted by molar-refractivity contribution is 7.26. The molecule has 1 aliphatic rings. The van der Waals surface area contributed by atoms with Crippen LogP contribution in [0.1, 0.15) is 45.3 Å². The van der Waals surface area contributed by atoms with Crippen LogP contribution in [0.4, 0.5) is 0 Å². The quantitative estimate of drug-likeness (QED) is 0.744. The highest BCUT2D eigenvalue weighted by Crippen LogP contribution is 2.44. The lowest BCUT2D eigenvalue weighted by Crippen LogP contribution is -1.94. The zero-order valence-corrected chi connectivity index (χ0v) is 13.9. The van der Waals surface area contributed by atoms with Crippen molar-refractivity contribution in [2.75, 3.05) is 0 Å². The molecule has 2 aromatic heterocycles. The lowest BCUT2D eigenvalue weighted by molar-refractivity contribution is 0.0701. The van der Waals surface area contributed by atoms with Gasteiger partial charge in [0, 0.05) is 0 Å². The summed E-state index contributed by atoms with van der Waals surface area (Å²) in [5.74, 6) is -0.350. The Morgan fingerprint density at radius 3 is 2.74 bits per heavy atom. The molecule has 4 rings (SSSR count). The van der Waals surface area contributed by atoms with Crippen LogP contribution in [0.15, 0.2) is 18.2 Å². The molecule has 0 spiro atoms. The standard InChI is InChI=1S/C17H12N2O2S2/c1-8-14(17(20)21)23-16(19-8)13-6-11-4-10(9-2-3-9)5-12(7-18)15(11)22-13/h4-6,9H,2-3H2,1H3,(H,20,21). The molecular weight excluding hydrogens is 328 g/mol. The molecule has 0 unspecified atom stereocenters. The molecule has 1 aromatic carbocycles. The summed E-state index contributed by atoms with van der Waals surface area (Å²) in [7, 11) is 0. The second kappa shape index (κ2) is 5.15. The lowest BCUT2D eigenvalue weighted by Gasteiger charge is -1.99. The molecule has 2 heterocycles. The first-order valence-corrected chi connectivity index (χ1v) is 8.89. The molecule has 0 bridgehead atoms. The van der Waals surface area contributed by atoms with Crippen molar-refractivity contribution < 1.29 is 9.90 Å². The van der Waals surface area contributed by atoms with E-state index in [0.29, 0.717) is 22.2 Å². The number of carbonyl (C=O) groups is 1. The summed E-state index contributed by atoms with van der Waals surface area (Å²) in [6.45, 7) is 1.71. The van der Waals surface area contributed by atoms with Crippen LogP contribution in [0.5, 0.6) is 0 Å².